The number of allylic oxidation sites excluding steroid dienone is 1. The fourth-order valence-electron chi connectivity index (χ4n) is 3.70. The minimum Gasteiger partial charge on any atom is -0.435 e. The third kappa shape index (κ3) is 3.45. The zero-order valence-electron chi connectivity index (χ0n) is 14.1. The van der Waals surface area contributed by atoms with E-state index >= 15 is 0 Å². The Balaban J connectivity index is 1.90. The Kier molecular flexibility index (Phi) is 4.61. The van der Waals surface area contributed by atoms with Gasteiger partial charge in [0, 0.05) is 23.3 Å². The van der Waals surface area contributed by atoms with Crippen LogP contribution in [-0.2, 0) is 10.3 Å². The van der Waals surface area contributed by atoms with Gasteiger partial charge in [-0.1, -0.05) is 25.3 Å². The van der Waals surface area contributed by atoms with Crippen molar-refractivity contribution < 1.29 is 18.3 Å². The van der Waals surface area contributed by atoms with Gasteiger partial charge in [-0.05, 0) is 44.4 Å². The van der Waals surface area contributed by atoms with E-state index in [2.05, 4.69) is 10.1 Å². The first-order valence-electron chi connectivity index (χ1n) is 8.50. The van der Waals surface area contributed by atoms with Crippen molar-refractivity contribution in [3.05, 3.63) is 35.4 Å². The molecule has 1 aromatic rings. The number of fused-ring (bicyclic) bond motifs is 1. The first kappa shape index (κ1) is 16.9. The van der Waals surface area contributed by atoms with Crippen molar-refractivity contribution in [1.29, 1.82) is 0 Å². The van der Waals surface area contributed by atoms with Crippen LogP contribution in [0.3, 0.4) is 0 Å². The van der Waals surface area contributed by atoms with E-state index in [1.807, 2.05) is 13.8 Å². The fraction of sp³-hybridized carbons (Fsp3) is 0.526. The van der Waals surface area contributed by atoms with Crippen LogP contribution in [0.5, 0.6) is 5.75 Å². The Hall–Kier alpha value is -1.91. The number of rotatable bonds is 4. The molecule has 1 aliphatic carbocycles. The molecule has 0 atom stereocenters. The van der Waals surface area contributed by atoms with Gasteiger partial charge in [0.2, 0.25) is 0 Å². The topological polar surface area (TPSA) is 38.3 Å². The number of halogens is 2. The molecule has 0 saturated heterocycles. The van der Waals surface area contributed by atoms with Crippen molar-refractivity contribution in [2.75, 3.05) is 0 Å². The molecule has 1 heterocycles. The van der Waals surface area contributed by atoms with Gasteiger partial charge in [-0.3, -0.25) is 4.79 Å². The summed E-state index contributed by atoms with van der Waals surface area (Å²) >= 11 is 0. The monoisotopic (exact) mass is 335 g/mol. The normalized spacial score (nSPS) is 21.6. The summed E-state index contributed by atoms with van der Waals surface area (Å²) in [6, 6.07) is 4.91. The third-order valence-electron chi connectivity index (χ3n) is 4.92. The van der Waals surface area contributed by atoms with E-state index in [1.165, 1.54) is 6.42 Å². The number of alkyl halides is 2. The molecular formula is C19H23F2NO2. The second kappa shape index (κ2) is 6.54. The van der Waals surface area contributed by atoms with Gasteiger partial charge in [0.05, 0.1) is 5.54 Å². The number of hydrogen-bond donors (Lipinski definition) is 1. The van der Waals surface area contributed by atoms with E-state index in [-0.39, 0.29) is 23.0 Å². The van der Waals surface area contributed by atoms with Crippen molar-refractivity contribution in [3.8, 4) is 5.75 Å². The summed E-state index contributed by atoms with van der Waals surface area (Å²) in [5.41, 5.74) is 2.09. The predicted octanol–water partition coefficient (Wildman–Crippen LogP) is 4.62. The van der Waals surface area contributed by atoms with Crippen molar-refractivity contribution in [2.45, 2.75) is 58.1 Å². The molecule has 0 unspecified atom stereocenters. The zero-order valence-corrected chi connectivity index (χ0v) is 14.1. The molecule has 1 fully saturated rings. The minimum absolute atomic E-state index is 0.0840. The summed E-state index contributed by atoms with van der Waals surface area (Å²) in [7, 11) is 0. The highest BCUT2D eigenvalue weighted by Gasteiger charge is 2.33. The van der Waals surface area contributed by atoms with Crippen LogP contribution < -0.4 is 10.1 Å². The lowest BCUT2D eigenvalue weighted by molar-refractivity contribution is -0.119. The summed E-state index contributed by atoms with van der Waals surface area (Å²) in [4.78, 5) is 12.6. The lowest BCUT2D eigenvalue weighted by Gasteiger charge is -2.21. The van der Waals surface area contributed by atoms with Gasteiger partial charge in [0.1, 0.15) is 5.75 Å². The first-order valence-corrected chi connectivity index (χ1v) is 8.50. The quantitative estimate of drug-likeness (QED) is 0.816. The minimum atomic E-state index is -2.86. The third-order valence-corrected chi connectivity index (χ3v) is 4.92. The number of nitrogens with one attached hydrogen (secondary N) is 1. The van der Waals surface area contributed by atoms with Gasteiger partial charge in [-0.25, -0.2) is 0 Å². The number of benzene rings is 1. The summed E-state index contributed by atoms with van der Waals surface area (Å²) < 4.78 is 29.4. The molecule has 0 amide bonds. The van der Waals surface area contributed by atoms with E-state index in [4.69, 9.17) is 0 Å². The maximum Gasteiger partial charge on any atom is 0.387 e. The van der Waals surface area contributed by atoms with Gasteiger partial charge < -0.3 is 10.1 Å². The standard InChI is InChI=1S/C19H23F2NO2/c1-19(2)15-9-8-13(24-18(20)21)10-14(15)16(22-19)11-17(23)12-6-4-3-5-7-12/h8-12,18,22H,3-7H2,1-2H3/b16-11-. The number of ether oxygens (including phenoxy) is 1. The van der Waals surface area contributed by atoms with Gasteiger partial charge in [0.25, 0.3) is 0 Å². The van der Waals surface area contributed by atoms with E-state index in [9.17, 15) is 13.6 Å². The van der Waals surface area contributed by atoms with Crippen LogP contribution in [0.2, 0.25) is 0 Å². The summed E-state index contributed by atoms with van der Waals surface area (Å²) in [5, 5.41) is 3.34. The van der Waals surface area contributed by atoms with Crippen LogP contribution in [0.4, 0.5) is 8.78 Å². The summed E-state index contributed by atoms with van der Waals surface area (Å²) in [6.45, 7) is 1.15. The van der Waals surface area contributed by atoms with Gasteiger partial charge in [-0.15, -0.1) is 0 Å². The Morgan fingerprint density at radius 3 is 2.67 bits per heavy atom. The molecule has 1 saturated carbocycles. The molecule has 0 bridgehead atoms. The SMILES string of the molecule is CC1(C)N/C(=C\C(=O)C2CCCCC2)c2cc(OC(F)F)ccc21. The molecule has 0 radical (unpaired) electrons. The predicted molar refractivity (Wildman–Crippen MR) is 88.8 cm³/mol. The molecule has 5 heteroatoms. The Bertz CT molecular complexity index is 661. The van der Waals surface area contributed by atoms with E-state index in [0.717, 1.165) is 36.8 Å². The summed E-state index contributed by atoms with van der Waals surface area (Å²) in [5.74, 6) is 0.320. The van der Waals surface area contributed by atoms with Crippen molar-refractivity contribution in [1.82, 2.24) is 5.32 Å². The highest BCUT2D eigenvalue weighted by atomic mass is 19.3. The Labute approximate surface area is 141 Å². The molecule has 130 valence electrons. The lowest BCUT2D eigenvalue weighted by Crippen LogP contribution is -2.29. The van der Waals surface area contributed by atoms with Crippen molar-refractivity contribution in [3.63, 3.8) is 0 Å². The van der Waals surface area contributed by atoms with Crippen LogP contribution in [0.25, 0.3) is 5.70 Å². The highest BCUT2D eigenvalue weighted by molar-refractivity contribution is 5.99. The lowest BCUT2D eigenvalue weighted by atomic mass is 9.86. The summed E-state index contributed by atoms with van der Waals surface area (Å²) in [6.07, 6.45) is 6.92. The van der Waals surface area contributed by atoms with E-state index in [0.29, 0.717) is 5.70 Å². The second-order valence-electron chi connectivity index (χ2n) is 7.13. The van der Waals surface area contributed by atoms with Gasteiger partial charge >= 0.3 is 6.61 Å². The number of carbonyl (C=O) groups is 1. The smallest absolute Gasteiger partial charge is 0.387 e. The maximum atomic E-state index is 12.6. The Morgan fingerprint density at radius 2 is 2.00 bits per heavy atom. The van der Waals surface area contributed by atoms with Gasteiger partial charge in [-0.2, -0.15) is 8.78 Å². The van der Waals surface area contributed by atoms with E-state index < -0.39 is 6.61 Å². The number of ketones is 1. The molecule has 3 nitrogen and oxygen atoms in total. The molecule has 0 spiro atoms. The van der Waals surface area contributed by atoms with Crippen LogP contribution in [0, 0.1) is 5.92 Å². The van der Waals surface area contributed by atoms with E-state index in [1.54, 1.807) is 24.3 Å². The highest BCUT2D eigenvalue weighted by Crippen LogP contribution is 2.39. The fourth-order valence-corrected chi connectivity index (χ4v) is 3.70. The first-order chi connectivity index (χ1) is 11.4. The van der Waals surface area contributed by atoms with Crippen molar-refractivity contribution >= 4 is 11.5 Å². The average Bonchev–Trinajstić information content (AvgIpc) is 2.78. The molecule has 0 aromatic heterocycles. The van der Waals surface area contributed by atoms with Crippen LogP contribution >= 0.6 is 0 Å². The molecule has 24 heavy (non-hydrogen) atoms. The molecule has 1 N–H and O–H groups in total. The Morgan fingerprint density at radius 1 is 1.29 bits per heavy atom. The zero-order chi connectivity index (χ0) is 17.3. The van der Waals surface area contributed by atoms with Crippen LogP contribution in [0.1, 0.15) is 57.1 Å². The number of carbonyl (C=O) groups excluding carboxylic acids is 1. The largest absolute Gasteiger partial charge is 0.435 e. The molecule has 1 aliphatic heterocycles. The molecular weight excluding hydrogens is 312 g/mol. The number of hydrogen-bond acceptors (Lipinski definition) is 3. The maximum absolute atomic E-state index is 12.6. The molecule has 1 aromatic carbocycles. The molecule has 2 aliphatic rings. The molecule has 3 rings (SSSR count). The van der Waals surface area contributed by atoms with Crippen LogP contribution in [0.15, 0.2) is 24.3 Å². The van der Waals surface area contributed by atoms with Crippen LogP contribution in [-0.4, -0.2) is 12.4 Å². The van der Waals surface area contributed by atoms with Crippen molar-refractivity contribution in [2.24, 2.45) is 5.92 Å². The average molecular weight is 335 g/mol. The van der Waals surface area contributed by atoms with Gasteiger partial charge in [0.15, 0.2) is 5.78 Å². The second-order valence-corrected chi connectivity index (χ2v) is 7.13.